The van der Waals surface area contributed by atoms with Crippen LogP contribution >= 0.6 is 7.92 Å². The molecular formula is C21H22NP. The quantitative estimate of drug-likeness (QED) is 0.714. The molecule has 23 heavy (non-hydrogen) atoms. The smallest absolute Gasteiger partial charge is 0.0425 e. The van der Waals surface area contributed by atoms with Crippen molar-refractivity contribution < 1.29 is 0 Å². The minimum absolute atomic E-state index is 0.564. The third kappa shape index (κ3) is 3.30. The molecule has 2 heteroatoms. The Kier molecular flexibility index (Phi) is 4.79. The zero-order valence-electron chi connectivity index (χ0n) is 13.9. The van der Waals surface area contributed by atoms with Gasteiger partial charge in [-0.3, -0.25) is 0 Å². The number of hydrogen-bond donors (Lipinski definition) is 1. The second kappa shape index (κ2) is 6.98. The summed E-state index contributed by atoms with van der Waals surface area (Å²) in [6.45, 7) is 4.37. The zero-order chi connectivity index (χ0) is 16.2. The summed E-state index contributed by atoms with van der Waals surface area (Å²) >= 11 is 0. The van der Waals surface area contributed by atoms with E-state index in [1.807, 2.05) is 7.05 Å². The maximum absolute atomic E-state index is 3.40. The summed E-state index contributed by atoms with van der Waals surface area (Å²) in [5.41, 5.74) is 3.90. The summed E-state index contributed by atoms with van der Waals surface area (Å²) in [5.74, 6) is 0. The molecule has 0 bridgehead atoms. The third-order valence-corrected chi connectivity index (χ3v) is 6.63. The van der Waals surface area contributed by atoms with Gasteiger partial charge in [-0.15, -0.1) is 0 Å². The van der Waals surface area contributed by atoms with Gasteiger partial charge in [0.05, 0.1) is 0 Å². The van der Waals surface area contributed by atoms with E-state index >= 15 is 0 Å². The minimum Gasteiger partial charge on any atom is -0.388 e. The molecule has 0 unspecified atom stereocenters. The van der Waals surface area contributed by atoms with Gasteiger partial charge in [0.2, 0.25) is 0 Å². The van der Waals surface area contributed by atoms with Gasteiger partial charge in [0.15, 0.2) is 0 Å². The lowest BCUT2D eigenvalue weighted by atomic mass is 10.1. The van der Waals surface area contributed by atoms with E-state index in [9.17, 15) is 0 Å². The average Bonchev–Trinajstić information content (AvgIpc) is 2.60. The first-order chi connectivity index (χ1) is 11.2. The van der Waals surface area contributed by atoms with Crippen molar-refractivity contribution in [1.82, 2.24) is 0 Å². The molecule has 0 radical (unpaired) electrons. The van der Waals surface area contributed by atoms with Gasteiger partial charge < -0.3 is 5.32 Å². The number of hydrogen-bond acceptors (Lipinski definition) is 1. The first-order valence-corrected chi connectivity index (χ1v) is 9.24. The van der Waals surface area contributed by atoms with Crippen LogP contribution in [0.15, 0.2) is 72.8 Å². The van der Waals surface area contributed by atoms with Crippen LogP contribution in [0.3, 0.4) is 0 Å². The Morgan fingerprint density at radius 3 is 1.65 bits per heavy atom. The molecule has 3 aromatic carbocycles. The Morgan fingerprint density at radius 1 is 0.696 bits per heavy atom. The van der Waals surface area contributed by atoms with Crippen molar-refractivity contribution in [2.45, 2.75) is 13.8 Å². The number of rotatable bonds is 4. The number of anilines is 1. The lowest BCUT2D eigenvalue weighted by molar-refractivity contribution is 1.34. The van der Waals surface area contributed by atoms with Gasteiger partial charge in [-0.05, 0) is 55.6 Å². The van der Waals surface area contributed by atoms with E-state index in [2.05, 4.69) is 92.0 Å². The highest BCUT2D eigenvalue weighted by molar-refractivity contribution is 7.80. The molecule has 116 valence electrons. The monoisotopic (exact) mass is 319 g/mol. The number of aryl methyl sites for hydroxylation is 2. The van der Waals surface area contributed by atoms with Gasteiger partial charge >= 0.3 is 0 Å². The Morgan fingerprint density at radius 2 is 1.17 bits per heavy atom. The molecule has 0 saturated carbocycles. The normalized spacial score (nSPS) is 10.8. The van der Waals surface area contributed by atoms with Crippen molar-refractivity contribution >= 4 is 29.5 Å². The van der Waals surface area contributed by atoms with E-state index < -0.39 is 7.92 Å². The molecule has 0 atom stereocenters. The van der Waals surface area contributed by atoms with E-state index in [1.165, 1.54) is 32.7 Å². The molecule has 0 amide bonds. The van der Waals surface area contributed by atoms with Gasteiger partial charge in [0, 0.05) is 18.0 Å². The fraction of sp³-hybridized carbons (Fsp3) is 0.143. The van der Waals surface area contributed by atoms with Crippen molar-refractivity contribution in [3.05, 3.63) is 83.9 Å². The van der Waals surface area contributed by atoms with Crippen LogP contribution in [0, 0.1) is 13.8 Å². The van der Waals surface area contributed by atoms with E-state index in [0.717, 1.165) is 0 Å². The molecule has 0 fully saturated rings. The van der Waals surface area contributed by atoms with E-state index in [4.69, 9.17) is 0 Å². The van der Waals surface area contributed by atoms with Crippen molar-refractivity contribution in [2.24, 2.45) is 0 Å². The van der Waals surface area contributed by atoms with Crippen LogP contribution in [0.2, 0.25) is 0 Å². The minimum atomic E-state index is -0.564. The number of nitrogens with one attached hydrogen (secondary N) is 1. The van der Waals surface area contributed by atoms with E-state index in [1.54, 1.807) is 0 Å². The van der Waals surface area contributed by atoms with Crippen LogP contribution in [-0.4, -0.2) is 7.05 Å². The Labute approximate surface area is 140 Å². The maximum atomic E-state index is 3.40. The van der Waals surface area contributed by atoms with Gasteiger partial charge in [-0.2, -0.15) is 0 Å². The Bertz CT molecular complexity index is 742. The van der Waals surface area contributed by atoms with Crippen LogP contribution in [0.5, 0.6) is 0 Å². The fourth-order valence-corrected chi connectivity index (χ4v) is 5.30. The lowest BCUT2D eigenvalue weighted by Crippen LogP contribution is -2.23. The fourth-order valence-electron chi connectivity index (χ4n) is 2.77. The molecule has 3 aromatic rings. The predicted octanol–water partition coefficient (Wildman–Crippen LogP) is 4.10. The lowest BCUT2D eigenvalue weighted by Gasteiger charge is -2.23. The molecule has 1 nitrogen and oxygen atoms in total. The van der Waals surface area contributed by atoms with Crippen molar-refractivity contribution in [1.29, 1.82) is 0 Å². The highest BCUT2D eigenvalue weighted by Crippen LogP contribution is 2.36. The van der Waals surface area contributed by atoms with Crippen LogP contribution in [0.1, 0.15) is 11.1 Å². The summed E-state index contributed by atoms with van der Waals surface area (Å²) < 4.78 is 0. The molecule has 3 rings (SSSR count). The topological polar surface area (TPSA) is 12.0 Å². The number of benzene rings is 3. The first kappa shape index (κ1) is 15.8. The summed E-state index contributed by atoms with van der Waals surface area (Å²) in [7, 11) is 1.45. The van der Waals surface area contributed by atoms with Crippen molar-refractivity contribution in [3.63, 3.8) is 0 Å². The summed E-state index contributed by atoms with van der Waals surface area (Å²) in [6.07, 6.45) is 0. The Balaban J connectivity index is 2.23. The second-order valence-electron chi connectivity index (χ2n) is 5.71. The van der Waals surface area contributed by atoms with Crippen LogP contribution in [-0.2, 0) is 0 Å². The molecule has 0 aliphatic rings. The first-order valence-electron chi connectivity index (χ1n) is 7.90. The van der Waals surface area contributed by atoms with Gasteiger partial charge in [-0.1, -0.05) is 60.7 Å². The highest BCUT2D eigenvalue weighted by Gasteiger charge is 2.19. The van der Waals surface area contributed by atoms with Crippen LogP contribution in [0.25, 0.3) is 0 Å². The molecule has 0 heterocycles. The van der Waals surface area contributed by atoms with Crippen molar-refractivity contribution in [2.75, 3.05) is 12.4 Å². The summed E-state index contributed by atoms with van der Waals surface area (Å²) in [5, 5.41) is 7.56. The highest BCUT2D eigenvalue weighted by atomic mass is 31.1. The Hall–Kier alpha value is -2.11. The van der Waals surface area contributed by atoms with Crippen LogP contribution < -0.4 is 21.2 Å². The van der Waals surface area contributed by atoms with Gasteiger partial charge in [0.1, 0.15) is 0 Å². The van der Waals surface area contributed by atoms with Gasteiger partial charge in [-0.25, -0.2) is 0 Å². The molecular weight excluding hydrogens is 297 g/mol. The third-order valence-electron chi connectivity index (χ3n) is 4.15. The standard InChI is InChI=1S/C21H22NP/c1-16-14-20(22-3)21(15-17(16)2)23(18-10-6-4-7-11-18)19-12-8-5-9-13-19/h4-15,22H,1-3H3. The molecule has 0 aromatic heterocycles. The second-order valence-corrected chi connectivity index (χ2v) is 7.90. The molecule has 0 spiro atoms. The van der Waals surface area contributed by atoms with E-state index in [0.29, 0.717) is 0 Å². The van der Waals surface area contributed by atoms with Gasteiger partial charge in [0.25, 0.3) is 0 Å². The average molecular weight is 319 g/mol. The summed E-state index contributed by atoms with van der Waals surface area (Å²) in [4.78, 5) is 0. The van der Waals surface area contributed by atoms with Crippen molar-refractivity contribution in [3.8, 4) is 0 Å². The molecule has 0 aliphatic heterocycles. The summed E-state index contributed by atoms with van der Waals surface area (Å²) in [6, 6.07) is 26.3. The molecule has 0 aliphatic carbocycles. The van der Waals surface area contributed by atoms with E-state index in [-0.39, 0.29) is 0 Å². The maximum Gasteiger partial charge on any atom is 0.0425 e. The van der Waals surface area contributed by atoms with Crippen LogP contribution in [0.4, 0.5) is 5.69 Å². The SMILES string of the molecule is CNc1cc(C)c(C)cc1P(c1ccccc1)c1ccccc1. The molecule has 0 saturated heterocycles. The zero-order valence-corrected chi connectivity index (χ0v) is 14.8. The molecule has 1 N–H and O–H groups in total. The largest absolute Gasteiger partial charge is 0.388 e. The predicted molar refractivity (Wildman–Crippen MR) is 104 cm³/mol.